The molecule has 0 aliphatic carbocycles. The van der Waals surface area contributed by atoms with Crippen molar-refractivity contribution in [2.45, 2.75) is 13.1 Å². The first-order valence-corrected chi connectivity index (χ1v) is 8.80. The Morgan fingerprint density at radius 1 is 0.963 bits per heavy atom. The summed E-state index contributed by atoms with van der Waals surface area (Å²) in [7, 11) is 1.69. The lowest BCUT2D eigenvalue weighted by molar-refractivity contribution is 0.410. The number of benzene rings is 2. The molecule has 0 aliphatic heterocycles. The van der Waals surface area contributed by atoms with Crippen molar-refractivity contribution in [3.05, 3.63) is 78.4 Å². The fraction of sp³-hybridized carbons (Fsp3) is 0.143. The standard InChI is InChI=1S/C21H21N5O/c1-27-20-8-3-2-5-15(20)11-24-21-10-9-17-18(6-4-7-19(17)26-21)23-13-16-12-22-14-25-16/h2-10,12,14,23H,11,13H2,1H3,(H,22,25)(H,24,26). The lowest BCUT2D eigenvalue weighted by atomic mass is 10.1. The second-order valence-electron chi connectivity index (χ2n) is 6.16. The third-order valence-corrected chi connectivity index (χ3v) is 4.41. The van der Waals surface area contributed by atoms with Crippen LogP contribution in [0, 0.1) is 0 Å². The highest BCUT2D eigenvalue weighted by atomic mass is 16.5. The Balaban J connectivity index is 1.50. The Bertz CT molecular complexity index is 1030. The van der Waals surface area contributed by atoms with Gasteiger partial charge in [-0.05, 0) is 30.3 Å². The molecule has 0 spiro atoms. The number of imidazole rings is 1. The van der Waals surface area contributed by atoms with E-state index in [0.717, 1.165) is 39.4 Å². The largest absolute Gasteiger partial charge is 0.496 e. The third-order valence-electron chi connectivity index (χ3n) is 4.41. The molecule has 4 aromatic rings. The van der Waals surface area contributed by atoms with Crippen molar-refractivity contribution >= 4 is 22.4 Å². The fourth-order valence-electron chi connectivity index (χ4n) is 3.01. The van der Waals surface area contributed by atoms with Crippen LogP contribution in [0.1, 0.15) is 11.3 Å². The van der Waals surface area contributed by atoms with Gasteiger partial charge in [0.1, 0.15) is 11.6 Å². The van der Waals surface area contributed by atoms with Crippen molar-refractivity contribution in [3.8, 4) is 5.75 Å². The summed E-state index contributed by atoms with van der Waals surface area (Å²) in [5, 5.41) is 7.89. The van der Waals surface area contributed by atoms with Gasteiger partial charge in [-0.2, -0.15) is 0 Å². The van der Waals surface area contributed by atoms with Crippen molar-refractivity contribution < 1.29 is 4.74 Å². The molecule has 2 aromatic carbocycles. The molecule has 0 aliphatic rings. The first kappa shape index (κ1) is 16.9. The van der Waals surface area contributed by atoms with E-state index in [1.54, 1.807) is 13.4 Å². The predicted octanol–water partition coefficient (Wildman–Crippen LogP) is 4.19. The number of nitrogens with zero attached hydrogens (tertiary/aromatic N) is 2. The van der Waals surface area contributed by atoms with Gasteiger partial charge in [-0.15, -0.1) is 0 Å². The Morgan fingerprint density at radius 3 is 2.74 bits per heavy atom. The zero-order chi connectivity index (χ0) is 18.5. The maximum absolute atomic E-state index is 5.40. The van der Waals surface area contributed by atoms with Gasteiger partial charge in [-0.3, -0.25) is 0 Å². The number of para-hydroxylation sites is 1. The van der Waals surface area contributed by atoms with Gasteiger partial charge in [-0.1, -0.05) is 24.3 Å². The van der Waals surface area contributed by atoms with E-state index in [9.17, 15) is 0 Å². The van der Waals surface area contributed by atoms with Crippen molar-refractivity contribution in [2.75, 3.05) is 17.7 Å². The first-order valence-electron chi connectivity index (χ1n) is 8.80. The highest BCUT2D eigenvalue weighted by Gasteiger charge is 2.05. The van der Waals surface area contributed by atoms with Crippen LogP contribution in [-0.4, -0.2) is 22.1 Å². The van der Waals surface area contributed by atoms with Crippen LogP contribution in [0.5, 0.6) is 5.75 Å². The van der Waals surface area contributed by atoms with Gasteiger partial charge in [0.15, 0.2) is 0 Å². The summed E-state index contributed by atoms with van der Waals surface area (Å²) in [6.45, 7) is 1.34. The van der Waals surface area contributed by atoms with Crippen LogP contribution in [-0.2, 0) is 13.1 Å². The monoisotopic (exact) mass is 359 g/mol. The van der Waals surface area contributed by atoms with Crippen LogP contribution >= 0.6 is 0 Å². The Morgan fingerprint density at radius 2 is 1.89 bits per heavy atom. The topological polar surface area (TPSA) is 74.9 Å². The number of nitrogens with one attached hydrogen (secondary N) is 3. The lowest BCUT2D eigenvalue weighted by Gasteiger charge is -2.12. The zero-order valence-corrected chi connectivity index (χ0v) is 15.1. The number of hydrogen-bond acceptors (Lipinski definition) is 5. The van der Waals surface area contributed by atoms with Crippen molar-refractivity contribution in [2.24, 2.45) is 0 Å². The van der Waals surface area contributed by atoms with E-state index >= 15 is 0 Å². The average molecular weight is 359 g/mol. The number of rotatable bonds is 7. The summed E-state index contributed by atoms with van der Waals surface area (Å²) < 4.78 is 5.40. The van der Waals surface area contributed by atoms with Crippen molar-refractivity contribution in [3.63, 3.8) is 0 Å². The minimum Gasteiger partial charge on any atom is -0.496 e. The minimum absolute atomic E-state index is 0.653. The molecule has 2 aromatic heterocycles. The first-order chi connectivity index (χ1) is 13.3. The second kappa shape index (κ2) is 7.78. The fourth-order valence-corrected chi connectivity index (χ4v) is 3.01. The Labute approximate surface area is 157 Å². The Hall–Kier alpha value is -3.54. The molecule has 6 nitrogen and oxygen atoms in total. The van der Waals surface area contributed by atoms with E-state index in [1.165, 1.54) is 0 Å². The van der Waals surface area contributed by atoms with Crippen LogP contribution in [0.4, 0.5) is 11.5 Å². The summed E-state index contributed by atoms with van der Waals surface area (Å²) in [5.74, 6) is 1.70. The molecule has 3 N–H and O–H groups in total. The number of ether oxygens (including phenoxy) is 1. The van der Waals surface area contributed by atoms with E-state index in [4.69, 9.17) is 9.72 Å². The second-order valence-corrected chi connectivity index (χ2v) is 6.16. The molecule has 0 bridgehead atoms. The van der Waals surface area contributed by atoms with Crippen LogP contribution in [0.25, 0.3) is 10.9 Å². The average Bonchev–Trinajstić information content (AvgIpc) is 3.24. The molecular weight excluding hydrogens is 338 g/mol. The minimum atomic E-state index is 0.653. The maximum atomic E-state index is 5.40. The normalized spacial score (nSPS) is 10.7. The summed E-state index contributed by atoms with van der Waals surface area (Å²) in [6, 6.07) is 18.1. The summed E-state index contributed by atoms with van der Waals surface area (Å²) in [5.41, 5.74) is 4.12. The van der Waals surface area contributed by atoms with Crippen LogP contribution in [0.15, 0.2) is 67.1 Å². The molecule has 6 heteroatoms. The van der Waals surface area contributed by atoms with E-state index in [2.05, 4.69) is 32.7 Å². The van der Waals surface area contributed by atoms with E-state index in [-0.39, 0.29) is 0 Å². The number of hydrogen-bond donors (Lipinski definition) is 3. The zero-order valence-electron chi connectivity index (χ0n) is 15.1. The van der Waals surface area contributed by atoms with Gasteiger partial charge in [-0.25, -0.2) is 9.97 Å². The molecule has 0 saturated heterocycles. The van der Waals surface area contributed by atoms with Gasteiger partial charge in [0.2, 0.25) is 0 Å². The molecule has 2 heterocycles. The SMILES string of the molecule is COc1ccccc1CNc1ccc2c(NCc3cnc[nH]3)cccc2n1. The van der Waals surface area contributed by atoms with Gasteiger partial charge >= 0.3 is 0 Å². The Kier molecular flexibility index (Phi) is 4.87. The lowest BCUT2D eigenvalue weighted by Crippen LogP contribution is -2.04. The van der Waals surface area contributed by atoms with Crippen LogP contribution < -0.4 is 15.4 Å². The summed E-state index contributed by atoms with van der Waals surface area (Å²) in [4.78, 5) is 11.9. The number of fused-ring (bicyclic) bond motifs is 1. The maximum Gasteiger partial charge on any atom is 0.126 e. The van der Waals surface area contributed by atoms with Gasteiger partial charge < -0.3 is 20.4 Å². The van der Waals surface area contributed by atoms with Gasteiger partial charge in [0.05, 0.1) is 31.2 Å². The quantitative estimate of drug-likeness (QED) is 0.461. The third kappa shape index (κ3) is 3.84. The molecule has 0 radical (unpaired) electrons. The van der Waals surface area contributed by atoms with E-state index in [1.807, 2.05) is 48.7 Å². The highest BCUT2D eigenvalue weighted by Crippen LogP contribution is 2.25. The van der Waals surface area contributed by atoms with Crippen LogP contribution in [0.2, 0.25) is 0 Å². The molecule has 0 fully saturated rings. The molecule has 0 saturated carbocycles. The number of H-pyrrole nitrogens is 1. The number of aromatic nitrogens is 3. The predicted molar refractivity (Wildman–Crippen MR) is 108 cm³/mol. The van der Waals surface area contributed by atoms with Gasteiger partial charge in [0, 0.05) is 29.4 Å². The number of anilines is 2. The number of methoxy groups -OCH3 is 1. The van der Waals surface area contributed by atoms with E-state index < -0.39 is 0 Å². The molecular formula is C21H21N5O. The molecule has 0 amide bonds. The molecule has 4 rings (SSSR count). The summed E-state index contributed by atoms with van der Waals surface area (Å²) in [6.07, 6.45) is 3.50. The molecule has 0 atom stereocenters. The molecule has 136 valence electrons. The molecule has 0 unspecified atom stereocenters. The number of aromatic amines is 1. The van der Waals surface area contributed by atoms with Crippen molar-refractivity contribution in [1.29, 1.82) is 0 Å². The highest BCUT2D eigenvalue weighted by molar-refractivity contribution is 5.92. The molecule has 27 heavy (non-hydrogen) atoms. The smallest absolute Gasteiger partial charge is 0.126 e. The van der Waals surface area contributed by atoms with Crippen LogP contribution in [0.3, 0.4) is 0 Å². The van der Waals surface area contributed by atoms with Gasteiger partial charge in [0.25, 0.3) is 0 Å². The summed E-state index contributed by atoms with van der Waals surface area (Å²) >= 11 is 0. The number of pyridine rings is 1. The van der Waals surface area contributed by atoms with Crippen molar-refractivity contribution in [1.82, 2.24) is 15.0 Å². The van der Waals surface area contributed by atoms with E-state index in [0.29, 0.717) is 13.1 Å².